The highest BCUT2D eigenvalue weighted by molar-refractivity contribution is 5.85. The van der Waals surface area contributed by atoms with Crippen LogP contribution in [0.5, 0.6) is 0 Å². The molecule has 2 fully saturated rings. The summed E-state index contributed by atoms with van der Waals surface area (Å²) >= 11 is 0. The third kappa shape index (κ3) is 6.36. The molecule has 8 heteroatoms. The Morgan fingerprint density at radius 3 is 2.46 bits per heavy atom. The Bertz CT molecular complexity index is 643. The SMILES string of the molecule is Cl.NC1C2CCCC1CC(C(=O)NCc1cccc(COCC(F)(F)F)c1)C2. The number of amides is 1. The summed E-state index contributed by atoms with van der Waals surface area (Å²) in [7, 11) is 0. The summed E-state index contributed by atoms with van der Waals surface area (Å²) in [5.74, 6) is 0.959. The number of halogens is 4. The predicted molar refractivity (Wildman–Crippen MR) is 103 cm³/mol. The zero-order valence-electron chi connectivity index (χ0n) is 15.7. The first kappa shape index (κ1) is 23.0. The molecule has 2 aliphatic carbocycles. The number of carbonyl (C=O) groups is 1. The molecule has 0 aromatic heterocycles. The second kappa shape index (κ2) is 9.94. The van der Waals surface area contributed by atoms with E-state index in [4.69, 9.17) is 5.73 Å². The molecule has 158 valence electrons. The van der Waals surface area contributed by atoms with Gasteiger partial charge in [-0.15, -0.1) is 12.4 Å². The molecule has 2 unspecified atom stereocenters. The first-order valence-electron chi connectivity index (χ1n) is 9.57. The molecule has 1 amide bonds. The molecule has 2 bridgehead atoms. The largest absolute Gasteiger partial charge is 0.411 e. The lowest BCUT2D eigenvalue weighted by molar-refractivity contribution is -0.176. The second-order valence-corrected chi connectivity index (χ2v) is 7.84. The van der Waals surface area contributed by atoms with Crippen LogP contribution in [0.4, 0.5) is 13.2 Å². The standard InChI is InChI=1S/C20H27F3N2O2.ClH/c21-20(22,23)12-27-11-14-4-1-3-13(7-14)10-25-19(26)17-8-15-5-2-6-16(9-17)18(15)24;/h1,3-4,7,15-18H,2,5-6,8-12,24H2,(H,25,26);1H. The summed E-state index contributed by atoms with van der Waals surface area (Å²) in [6, 6.07) is 7.32. The van der Waals surface area contributed by atoms with Crippen molar-refractivity contribution >= 4 is 18.3 Å². The highest BCUT2D eigenvalue weighted by Crippen LogP contribution is 2.41. The molecule has 4 nitrogen and oxygen atoms in total. The van der Waals surface area contributed by atoms with Gasteiger partial charge in [0.15, 0.2) is 0 Å². The molecule has 2 saturated carbocycles. The molecule has 3 N–H and O–H groups in total. The van der Waals surface area contributed by atoms with E-state index in [1.165, 1.54) is 6.42 Å². The molecular weight excluding hydrogens is 393 g/mol. The Labute approximate surface area is 169 Å². The highest BCUT2D eigenvalue weighted by atomic mass is 35.5. The number of alkyl halides is 3. The maximum atomic E-state index is 12.6. The van der Waals surface area contributed by atoms with Crippen LogP contribution in [0.2, 0.25) is 0 Å². The minimum absolute atomic E-state index is 0. The van der Waals surface area contributed by atoms with E-state index in [0.717, 1.165) is 31.2 Å². The average molecular weight is 421 g/mol. The summed E-state index contributed by atoms with van der Waals surface area (Å²) in [5.41, 5.74) is 7.79. The molecule has 1 aromatic rings. The van der Waals surface area contributed by atoms with Gasteiger partial charge in [-0.1, -0.05) is 30.7 Å². The molecule has 0 saturated heterocycles. The Morgan fingerprint density at radius 1 is 1.18 bits per heavy atom. The lowest BCUT2D eigenvalue weighted by Gasteiger charge is -2.43. The van der Waals surface area contributed by atoms with Gasteiger partial charge in [0.25, 0.3) is 0 Å². The van der Waals surface area contributed by atoms with Crippen molar-refractivity contribution in [1.29, 1.82) is 0 Å². The monoisotopic (exact) mass is 420 g/mol. The quantitative estimate of drug-likeness (QED) is 0.732. The number of benzene rings is 1. The van der Waals surface area contributed by atoms with Crippen molar-refractivity contribution < 1.29 is 22.7 Å². The molecule has 28 heavy (non-hydrogen) atoms. The summed E-state index contributed by atoms with van der Waals surface area (Å²) in [5, 5.41) is 2.98. The van der Waals surface area contributed by atoms with Crippen molar-refractivity contribution in [1.82, 2.24) is 5.32 Å². The minimum Gasteiger partial charge on any atom is -0.367 e. The fraction of sp³-hybridized carbons (Fsp3) is 0.650. The van der Waals surface area contributed by atoms with Crippen LogP contribution >= 0.6 is 12.4 Å². The van der Waals surface area contributed by atoms with Gasteiger partial charge < -0.3 is 15.8 Å². The normalized spacial score (nSPS) is 27.0. The molecule has 2 atom stereocenters. The van der Waals surface area contributed by atoms with Crippen molar-refractivity contribution in [2.75, 3.05) is 6.61 Å². The third-order valence-electron chi connectivity index (χ3n) is 5.78. The Hall–Kier alpha value is -1.31. The maximum absolute atomic E-state index is 12.6. The molecule has 0 spiro atoms. The molecule has 0 aliphatic heterocycles. The van der Waals surface area contributed by atoms with E-state index in [0.29, 0.717) is 23.9 Å². The van der Waals surface area contributed by atoms with E-state index < -0.39 is 12.8 Å². The highest BCUT2D eigenvalue weighted by Gasteiger charge is 2.40. The smallest absolute Gasteiger partial charge is 0.367 e. The topological polar surface area (TPSA) is 64.4 Å². The van der Waals surface area contributed by atoms with Crippen LogP contribution in [0.15, 0.2) is 24.3 Å². The summed E-state index contributed by atoms with van der Waals surface area (Å²) in [6.45, 7) is -1.00. The van der Waals surface area contributed by atoms with Gasteiger partial charge in [-0.3, -0.25) is 4.79 Å². The molecule has 1 aromatic carbocycles. The van der Waals surface area contributed by atoms with Gasteiger partial charge in [-0.2, -0.15) is 13.2 Å². The Balaban J connectivity index is 0.00000280. The predicted octanol–water partition coefficient (Wildman–Crippen LogP) is 3.96. The van der Waals surface area contributed by atoms with Crippen molar-refractivity contribution in [2.45, 2.75) is 57.5 Å². The summed E-state index contributed by atoms with van der Waals surface area (Å²) in [4.78, 5) is 12.6. The van der Waals surface area contributed by atoms with Crippen LogP contribution < -0.4 is 11.1 Å². The number of hydrogen-bond acceptors (Lipinski definition) is 3. The van der Waals surface area contributed by atoms with Crippen LogP contribution in [-0.2, 0) is 22.7 Å². The Kier molecular flexibility index (Phi) is 8.16. The van der Waals surface area contributed by atoms with Crippen molar-refractivity contribution in [2.24, 2.45) is 23.5 Å². The van der Waals surface area contributed by atoms with Crippen LogP contribution in [0.25, 0.3) is 0 Å². The molecule has 2 aliphatic rings. The van der Waals surface area contributed by atoms with E-state index in [2.05, 4.69) is 10.1 Å². The minimum atomic E-state index is -4.33. The third-order valence-corrected chi connectivity index (χ3v) is 5.78. The number of nitrogens with two attached hydrogens (primary N) is 1. The molecule has 0 radical (unpaired) electrons. The van der Waals surface area contributed by atoms with E-state index in [1.54, 1.807) is 18.2 Å². The number of nitrogens with one attached hydrogen (secondary N) is 1. The van der Waals surface area contributed by atoms with Crippen LogP contribution in [-0.4, -0.2) is 24.7 Å². The van der Waals surface area contributed by atoms with Gasteiger partial charge in [0.05, 0.1) is 6.61 Å². The average Bonchev–Trinajstić information content (AvgIpc) is 2.59. The first-order chi connectivity index (χ1) is 12.8. The van der Waals surface area contributed by atoms with Crippen molar-refractivity contribution in [3.05, 3.63) is 35.4 Å². The van der Waals surface area contributed by atoms with E-state index in [-0.39, 0.29) is 36.9 Å². The molecule has 3 rings (SSSR count). The van der Waals surface area contributed by atoms with Gasteiger partial charge in [0, 0.05) is 18.5 Å². The molecule has 0 heterocycles. The van der Waals surface area contributed by atoms with E-state index in [1.807, 2.05) is 6.07 Å². The lowest BCUT2D eigenvalue weighted by atomic mass is 9.65. The van der Waals surface area contributed by atoms with Gasteiger partial charge in [-0.25, -0.2) is 0 Å². The van der Waals surface area contributed by atoms with E-state index in [9.17, 15) is 18.0 Å². The zero-order valence-corrected chi connectivity index (χ0v) is 16.5. The van der Waals surface area contributed by atoms with Crippen LogP contribution in [0, 0.1) is 17.8 Å². The fourth-order valence-corrected chi connectivity index (χ4v) is 4.45. The number of rotatable bonds is 6. The van der Waals surface area contributed by atoms with Crippen LogP contribution in [0.1, 0.15) is 43.2 Å². The number of ether oxygens (including phenoxy) is 1. The fourth-order valence-electron chi connectivity index (χ4n) is 4.45. The van der Waals surface area contributed by atoms with Gasteiger partial charge in [0.2, 0.25) is 5.91 Å². The number of carbonyl (C=O) groups excluding carboxylic acids is 1. The van der Waals surface area contributed by atoms with Crippen molar-refractivity contribution in [3.63, 3.8) is 0 Å². The zero-order chi connectivity index (χ0) is 19.4. The van der Waals surface area contributed by atoms with Crippen LogP contribution in [0.3, 0.4) is 0 Å². The van der Waals surface area contributed by atoms with Crippen molar-refractivity contribution in [3.8, 4) is 0 Å². The lowest BCUT2D eigenvalue weighted by Crippen LogP contribution is -2.49. The van der Waals surface area contributed by atoms with Gasteiger partial charge in [-0.05, 0) is 48.6 Å². The van der Waals surface area contributed by atoms with E-state index >= 15 is 0 Å². The Morgan fingerprint density at radius 2 is 1.82 bits per heavy atom. The number of hydrogen-bond donors (Lipinski definition) is 2. The molecular formula is C20H28ClF3N2O2. The first-order valence-corrected chi connectivity index (χ1v) is 9.57. The number of fused-ring (bicyclic) bond motifs is 2. The maximum Gasteiger partial charge on any atom is 0.411 e. The van der Waals surface area contributed by atoms with Gasteiger partial charge >= 0.3 is 6.18 Å². The summed E-state index contributed by atoms with van der Waals surface area (Å²) in [6.07, 6.45) is 0.819. The second-order valence-electron chi connectivity index (χ2n) is 7.84. The summed E-state index contributed by atoms with van der Waals surface area (Å²) < 4.78 is 41.1. The van der Waals surface area contributed by atoms with Gasteiger partial charge in [0.1, 0.15) is 6.61 Å².